The highest BCUT2D eigenvalue weighted by Crippen LogP contribution is 2.09. The van der Waals surface area contributed by atoms with Crippen LogP contribution in [-0.4, -0.2) is 10.9 Å². The van der Waals surface area contributed by atoms with Gasteiger partial charge in [0.1, 0.15) is 12.1 Å². The van der Waals surface area contributed by atoms with E-state index in [0.717, 1.165) is 0 Å². The van der Waals surface area contributed by atoms with Crippen molar-refractivity contribution in [3.63, 3.8) is 0 Å². The maximum atomic E-state index is 13.0. The monoisotopic (exact) mass is 263 g/mol. The minimum absolute atomic E-state index is 0.156. The van der Waals surface area contributed by atoms with Crippen molar-refractivity contribution in [1.82, 2.24) is 10.3 Å². The number of amides is 1. The van der Waals surface area contributed by atoms with Gasteiger partial charge in [-0.15, -0.1) is 0 Å². The molecule has 6 heteroatoms. The summed E-state index contributed by atoms with van der Waals surface area (Å²) in [6.07, 6.45) is 1.25. The maximum Gasteiger partial charge on any atom is 0.273 e. The number of hydrogen-bond donors (Lipinski definition) is 2. The molecule has 1 amide bonds. The molecule has 0 fully saturated rings. The van der Waals surface area contributed by atoms with E-state index in [4.69, 9.17) is 10.2 Å². The Hall–Kier alpha value is -2.21. The third-order valence-corrected chi connectivity index (χ3v) is 2.49. The Balaban J connectivity index is 1.97. The zero-order chi connectivity index (χ0) is 13.8. The molecule has 0 aliphatic carbocycles. The van der Waals surface area contributed by atoms with Crippen molar-refractivity contribution in [3.8, 4) is 0 Å². The fourth-order valence-corrected chi connectivity index (χ4v) is 1.52. The first-order valence-corrected chi connectivity index (χ1v) is 5.80. The lowest BCUT2D eigenvalue weighted by Gasteiger charge is -2.03. The molecule has 1 heterocycles. The summed E-state index contributed by atoms with van der Waals surface area (Å²) in [6.45, 7) is 1.93. The molecule has 100 valence electrons. The van der Waals surface area contributed by atoms with Crippen LogP contribution in [-0.2, 0) is 6.54 Å². The summed E-state index contributed by atoms with van der Waals surface area (Å²) in [4.78, 5) is 15.7. The van der Waals surface area contributed by atoms with Crippen molar-refractivity contribution in [2.45, 2.75) is 19.5 Å². The molecular formula is C13H14FN3O2. The highest BCUT2D eigenvalue weighted by atomic mass is 19.1. The number of carbonyl (C=O) groups is 1. The van der Waals surface area contributed by atoms with Crippen LogP contribution in [0.2, 0.25) is 0 Å². The fourth-order valence-electron chi connectivity index (χ4n) is 1.52. The van der Waals surface area contributed by atoms with E-state index < -0.39 is 0 Å². The highest BCUT2D eigenvalue weighted by Gasteiger charge is 2.13. The number of oxazole rings is 1. The van der Waals surface area contributed by atoms with Gasteiger partial charge in [-0.25, -0.2) is 9.37 Å². The van der Waals surface area contributed by atoms with Gasteiger partial charge in [-0.1, -0.05) is 12.1 Å². The summed E-state index contributed by atoms with van der Waals surface area (Å²) >= 11 is 0. The molecule has 0 aliphatic rings. The fraction of sp³-hybridized carbons (Fsp3) is 0.231. The first kappa shape index (κ1) is 13.2. The van der Waals surface area contributed by atoms with Crippen molar-refractivity contribution in [3.05, 3.63) is 53.5 Å². The van der Waals surface area contributed by atoms with Crippen LogP contribution < -0.4 is 11.1 Å². The molecule has 19 heavy (non-hydrogen) atoms. The van der Waals surface area contributed by atoms with Gasteiger partial charge in [0.25, 0.3) is 5.91 Å². The van der Waals surface area contributed by atoms with E-state index in [1.165, 1.54) is 18.4 Å². The summed E-state index contributed by atoms with van der Waals surface area (Å²) in [5, 5.41) is 2.63. The van der Waals surface area contributed by atoms with Crippen LogP contribution in [0.4, 0.5) is 4.39 Å². The van der Waals surface area contributed by atoms with Crippen LogP contribution in [0.1, 0.15) is 34.9 Å². The van der Waals surface area contributed by atoms with Gasteiger partial charge < -0.3 is 15.5 Å². The predicted molar refractivity (Wildman–Crippen MR) is 66.7 cm³/mol. The minimum atomic E-state index is -0.389. The molecule has 1 aromatic heterocycles. The largest absolute Gasteiger partial charge is 0.446 e. The van der Waals surface area contributed by atoms with Crippen LogP contribution >= 0.6 is 0 Å². The molecule has 0 aliphatic heterocycles. The first-order chi connectivity index (χ1) is 9.06. The van der Waals surface area contributed by atoms with E-state index in [1.807, 2.05) is 0 Å². The molecule has 5 nitrogen and oxygen atoms in total. The molecular weight excluding hydrogens is 249 g/mol. The van der Waals surface area contributed by atoms with Gasteiger partial charge in [-0.2, -0.15) is 0 Å². The van der Waals surface area contributed by atoms with Gasteiger partial charge >= 0.3 is 0 Å². The smallest absolute Gasteiger partial charge is 0.273 e. The normalized spacial score (nSPS) is 12.2. The Morgan fingerprint density at radius 3 is 3.00 bits per heavy atom. The SMILES string of the molecule is CC(N)c1nc(C(=O)NCc2cccc(F)c2)co1. The van der Waals surface area contributed by atoms with Crippen LogP contribution in [0.3, 0.4) is 0 Å². The van der Waals surface area contributed by atoms with Gasteiger partial charge in [-0.05, 0) is 24.6 Å². The van der Waals surface area contributed by atoms with Crippen molar-refractivity contribution >= 4 is 5.91 Å². The number of rotatable bonds is 4. The summed E-state index contributed by atoms with van der Waals surface area (Å²) < 4.78 is 18.0. The zero-order valence-corrected chi connectivity index (χ0v) is 10.4. The molecule has 3 N–H and O–H groups in total. The molecule has 2 rings (SSSR count). The second-order valence-electron chi connectivity index (χ2n) is 4.17. The molecule has 1 unspecified atom stereocenters. The summed E-state index contributed by atoms with van der Waals surface area (Å²) in [5.41, 5.74) is 6.41. The Bertz CT molecular complexity index is 581. The number of nitrogens with one attached hydrogen (secondary N) is 1. The lowest BCUT2D eigenvalue weighted by molar-refractivity contribution is 0.0946. The Morgan fingerprint density at radius 1 is 1.58 bits per heavy atom. The van der Waals surface area contributed by atoms with Crippen LogP contribution in [0, 0.1) is 5.82 Å². The van der Waals surface area contributed by atoms with Crippen molar-refractivity contribution in [2.24, 2.45) is 5.73 Å². The second-order valence-corrected chi connectivity index (χ2v) is 4.17. The number of hydrogen-bond acceptors (Lipinski definition) is 4. The quantitative estimate of drug-likeness (QED) is 0.880. The number of aromatic nitrogens is 1. The number of halogens is 1. The van der Waals surface area contributed by atoms with Crippen LogP contribution in [0.25, 0.3) is 0 Å². The number of nitrogens with two attached hydrogens (primary N) is 1. The van der Waals surface area contributed by atoms with E-state index in [2.05, 4.69) is 10.3 Å². The zero-order valence-electron chi connectivity index (χ0n) is 10.4. The summed E-state index contributed by atoms with van der Waals surface area (Å²) in [5.74, 6) is -0.428. The standard InChI is InChI=1S/C13H14FN3O2/c1-8(15)13-17-11(7-19-13)12(18)16-6-9-3-2-4-10(14)5-9/h2-5,7-8H,6,15H2,1H3,(H,16,18). The van der Waals surface area contributed by atoms with E-state index >= 15 is 0 Å². The van der Waals surface area contributed by atoms with Crippen molar-refractivity contribution < 1.29 is 13.6 Å². The number of benzene rings is 1. The lowest BCUT2D eigenvalue weighted by Crippen LogP contribution is -2.23. The van der Waals surface area contributed by atoms with Crippen LogP contribution in [0.15, 0.2) is 34.9 Å². The Morgan fingerprint density at radius 2 is 2.37 bits per heavy atom. The van der Waals surface area contributed by atoms with Gasteiger partial charge in [0.2, 0.25) is 5.89 Å². The van der Waals surface area contributed by atoms with Crippen LogP contribution in [0.5, 0.6) is 0 Å². The molecule has 2 aromatic rings. The predicted octanol–water partition coefficient (Wildman–Crippen LogP) is 1.76. The average Bonchev–Trinajstić information content (AvgIpc) is 2.86. The van der Waals surface area contributed by atoms with Gasteiger partial charge in [-0.3, -0.25) is 4.79 Å². The van der Waals surface area contributed by atoms with Gasteiger partial charge in [0, 0.05) is 6.54 Å². The third kappa shape index (κ3) is 3.38. The molecule has 0 saturated carbocycles. The van der Waals surface area contributed by atoms with E-state index in [0.29, 0.717) is 11.5 Å². The molecule has 0 bridgehead atoms. The first-order valence-electron chi connectivity index (χ1n) is 5.80. The second kappa shape index (κ2) is 5.62. The van der Waals surface area contributed by atoms with E-state index in [-0.39, 0.29) is 30.0 Å². The van der Waals surface area contributed by atoms with E-state index in [9.17, 15) is 9.18 Å². The third-order valence-electron chi connectivity index (χ3n) is 2.49. The average molecular weight is 263 g/mol. The summed E-state index contributed by atoms with van der Waals surface area (Å²) in [7, 11) is 0. The molecule has 1 aromatic carbocycles. The van der Waals surface area contributed by atoms with Crippen molar-refractivity contribution in [1.29, 1.82) is 0 Å². The van der Waals surface area contributed by atoms with Gasteiger partial charge in [0.15, 0.2) is 5.69 Å². The number of carbonyl (C=O) groups excluding carboxylic acids is 1. The Kier molecular flexibility index (Phi) is 3.91. The molecule has 0 spiro atoms. The minimum Gasteiger partial charge on any atom is -0.446 e. The van der Waals surface area contributed by atoms with Gasteiger partial charge in [0.05, 0.1) is 6.04 Å². The number of nitrogens with zero attached hydrogens (tertiary/aromatic N) is 1. The lowest BCUT2D eigenvalue weighted by atomic mass is 10.2. The van der Waals surface area contributed by atoms with Crippen molar-refractivity contribution in [2.75, 3.05) is 0 Å². The molecule has 0 radical (unpaired) electrons. The maximum absolute atomic E-state index is 13.0. The summed E-state index contributed by atoms with van der Waals surface area (Å²) in [6, 6.07) is 5.64. The molecule has 0 saturated heterocycles. The Labute approximate surface area is 109 Å². The highest BCUT2D eigenvalue weighted by molar-refractivity contribution is 5.91. The molecule has 1 atom stereocenters. The topological polar surface area (TPSA) is 81.1 Å². The van der Waals surface area contributed by atoms with E-state index in [1.54, 1.807) is 19.1 Å².